The van der Waals surface area contributed by atoms with E-state index < -0.39 is 35.7 Å². The fraction of sp³-hybridized carbons (Fsp3) is 0.222. The van der Waals surface area contributed by atoms with Gasteiger partial charge < -0.3 is 21.1 Å². The first-order valence-electron chi connectivity index (χ1n) is 4.10. The zero-order chi connectivity index (χ0) is 11.6. The first-order valence-corrected chi connectivity index (χ1v) is 4.10. The zero-order valence-electron chi connectivity index (χ0n) is 7.64. The van der Waals surface area contributed by atoms with Crippen molar-refractivity contribution >= 4 is 5.97 Å². The molecule has 0 saturated heterocycles. The number of carbonyl (C=O) groups is 1. The Morgan fingerprint density at radius 1 is 1.53 bits per heavy atom. The van der Waals surface area contributed by atoms with Crippen LogP contribution in [-0.2, 0) is 0 Å². The van der Waals surface area contributed by atoms with E-state index >= 15 is 0 Å². The highest BCUT2D eigenvalue weighted by Gasteiger charge is 2.21. The number of aliphatic hydroxyl groups is 1. The molecule has 0 saturated carbocycles. The normalized spacial score (nSPS) is 12.5. The van der Waals surface area contributed by atoms with Gasteiger partial charge in [-0.2, -0.15) is 0 Å². The van der Waals surface area contributed by atoms with E-state index in [1.807, 2.05) is 0 Å². The SMILES string of the molecule is N[C@H](CO)c1ccc(F)c(C(=O)O)c1O. The Bertz CT molecular complexity index is 394. The van der Waals surface area contributed by atoms with E-state index in [4.69, 9.17) is 15.9 Å². The molecule has 82 valence electrons. The van der Waals surface area contributed by atoms with E-state index in [9.17, 15) is 14.3 Å². The molecule has 15 heavy (non-hydrogen) atoms. The molecule has 0 bridgehead atoms. The molecule has 0 aliphatic carbocycles. The molecular weight excluding hydrogens is 205 g/mol. The van der Waals surface area contributed by atoms with Gasteiger partial charge in [-0.25, -0.2) is 9.18 Å². The van der Waals surface area contributed by atoms with Crippen LogP contribution in [0.25, 0.3) is 0 Å². The second-order valence-corrected chi connectivity index (χ2v) is 2.95. The molecule has 0 radical (unpaired) electrons. The molecule has 6 heteroatoms. The highest BCUT2D eigenvalue weighted by molar-refractivity contribution is 5.91. The lowest BCUT2D eigenvalue weighted by atomic mass is 10.0. The maximum absolute atomic E-state index is 13.0. The Labute approximate surface area is 84.6 Å². The van der Waals surface area contributed by atoms with Gasteiger partial charge in [0.2, 0.25) is 0 Å². The van der Waals surface area contributed by atoms with Gasteiger partial charge in [0, 0.05) is 5.56 Å². The molecule has 0 fully saturated rings. The van der Waals surface area contributed by atoms with E-state index in [2.05, 4.69) is 0 Å². The molecule has 1 aromatic rings. The maximum Gasteiger partial charge on any atom is 0.342 e. The summed E-state index contributed by atoms with van der Waals surface area (Å²) in [5.41, 5.74) is 4.55. The molecule has 0 spiro atoms. The minimum atomic E-state index is -1.59. The van der Waals surface area contributed by atoms with Crippen LogP contribution in [0.2, 0.25) is 0 Å². The number of aromatic carboxylic acids is 1. The second kappa shape index (κ2) is 4.24. The first kappa shape index (κ1) is 11.4. The van der Waals surface area contributed by atoms with Crippen LogP contribution in [0.4, 0.5) is 4.39 Å². The number of halogens is 1. The smallest absolute Gasteiger partial charge is 0.342 e. The molecule has 1 aromatic carbocycles. The third kappa shape index (κ3) is 2.05. The number of carboxylic acid groups (broad SMARTS) is 1. The molecular formula is C9H10FNO4. The summed E-state index contributed by atoms with van der Waals surface area (Å²) in [5, 5.41) is 26.8. The minimum Gasteiger partial charge on any atom is -0.507 e. The lowest BCUT2D eigenvalue weighted by Gasteiger charge is -2.12. The van der Waals surface area contributed by atoms with Crippen molar-refractivity contribution in [3.63, 3.8) is 0 Å². The molecule has 1 rings (SSSR count). The minimum absolute atomic E-state index is 0.00343. The van der Waals surface area contributed by atoms with Crippen molar-refractivity contribution in [2.75, 3.05) is 6.61 Å². The van der Waals surface area contributed by atoms with Crippen LogP contribution in [0.3, 0.4) is 0 Å². The van der Waals surface area contributed by atoms with Gasteiger partial charge in [0.15, 0.2) is 0 Å². The predicted octanol–water partition coefficient (Wildman–Crippen LogP) is 0.222. The highest BCUT2D eigenvalue weighted by Crippen LogP contribution is 2.28. The molecule has 0 aromatic heterocycles. The Hall–Kier alpha value is -1.66. The third-order valence-electron chi connectivity index (χ3n) is 1.97. The van der Waals surface area contributed by atoms with Crippen molar-refractivity contribution in [2.24, 2.45) is 5.73 Å². The van der Waals surface area contributed by atoms with E-state index in [1.54, 1.807) is 0 Å². The number of aliphatic hydroxyl groups excluding tert-OH is 1. The average molecular weight is 215 g/mol. The first-order chi connectivity index (χ1) is 6.99. The fourth-order valence-corrected chi connectivity index (χ4v) is 1.18. The van der Waals surface area contributed by atoms with Gasteiger partial charge in [-0.05, 0) is 6.07 Å². The van der Waals surface area contributed by atoms with Gasteiger partial charge in [0.1, 0.15) is 17.1 Å². The molecule has 0 unspecified atom stereocenters. The van der Waals surface area contributed by atoms with Crippen molar-refractivity contribution in [1.29, 1.82) is 0 Å². The molecule has 5 N–H and O–H groups in total. The van der Waals surface area contributed by atoms with E-state index in [0.717, 1.165) is 12.1 Å². The highest BCUT2D eigenvalue weighted by atomic mass is 19.1. The predicted molar refractivity (Wildman–Crippen MR) is 49.0 cm³/mol. The fourth-order valence-electron chi connectivity index (χ4n) is 1.18. The molecule has 1 atom stereocenters. The second-order valence-electron chi connectivity index (χ2n) is 2.95. The number of hydrogen-bond donors (Lipinski definition) is 4. The molecule has 0 heterocycles. The Balaban J connectivity index is 3.34. The molecule has 5 nitrogen and oxygen atoms in total. The summed E-state index contributed by atoms with van der Waals surface area (Å²) in [6, 6.07) is 1.08. The van der Waals surface area contributed by atoms with E-state index in [1.165, 1.54) is 0 Å². The summed E-state index contributed by atoms with van der Waals surface area (Å²) < 4.78 is 13.0. The molecule has 0 aliphatic heterocycles. The van der Waals surface area contributed by atoms with Crippen LogP contribution in [0, 0.1) is 5.82 Å². The Morgan fingerprint density at radius 3 is 2.60 bits per heavy atom. The van der Waals surface area contributed by atoms with Gasteiger partial charge in [0.25, 0.3) is 0 Å². The zero-order valence-corrected chi connectivity index (χ0v) is 7.64. The van der Waals surface area contributed by atoms with Crippen LogP contribution in [0.5, 0.6) is 5.75 Å². The van der Waals surface area contributed by atoms with Crippen molar-refractivity contribution < 1.29 is 24.5 Å². The van der Waals surface area contributed by atoms with Crippen molar-refractivity contribution in [3.05, 3.63) is 29.1 Å². The number of aromatic hydroxyl groups is 1. The van der Waals surface area contributed by atoms with Gasteiger partial charge in [-0.15, -0.1) is 0 Å². The van der Waals surface area contributed by atoms with Gasteiger partial charge >= 0.3 is 5.97 Å². The number of benzene rings is 1. The topological polar surface area (TPSA) is 104 Å². The van der Waals surface area contributed by atoms with Crippen LogP contribution in [0.1, 0.15) is 22.0 Å². The lowest BCUT2D eigenvalue weighted by Crippen LogP contribution is -2.16. The maximum atomic E-state index is 13.0. The van der Waals surface area contributed by atoms with Gasteiger partial charge in [0.05, 0.1) is 12.6 Å². The van der Waals surface area contributed by atoms with Crippen LogP contribution >= 0.6 is 0 Å². The summed E-state index contributed by atoms with van der Waals surface area (Å²) in [6.07, 6.45) is 0. The number of carboxylic acids is 1. The number of nitrogens with two attached hydrogens (primary N) is 1. The van der Waals surface area contributed by atoms with E-state index in [-0.39, 0.29) is 5.56 Å². The van der Waals surface area contributed by atoms with Gasteiger partial charge in [-0.1, -0.05) is 6.07 Å². The van der Waals surface area contributed by atoms with Crippen LogP contribution in [-0.4, -0.2) is 27.9 Å². The molecule has 0 amide bonds. The van der Waals surface area contributed by atoms with E-state index in [0.29, 0.717) is 0 Å². The standard InChI is InChI=1S/C9H10FNO4/c10-5-2-1-4(6(11)3-12)8(13)7(5)9(14)15/h1-2,6,12-13H,3,11H2,(H,14,15)/t6-/m1/s1. The largest absolute Gasteiger partial charge is 0.507 e. The third-order valence-corrected chi connectivity index (χ3v) is 1.97. The average Bonchev–Trinajstić information content (AvgIpc) is 2.16. The molecule has 0 aliphatic rings. The Kier molecular flexibility index (Phi) is 3.23. The van der Waals surface area contributed by atoms with Crippen LogP contribution < -0.4 is 5.73 Å². The number of phenols is 1. The summed E-state index contributed by atoms with van der Waals surface area (Å²) in [6.45, 7) is -0.474. The number of hydrogen-bond acceptors (Lipinski definition) is 4. The summed E-state index contributed by atoms with van der Waals surface area (Å²) >= 11 is 0. The monoisotopic (exact) mass is 215 g/mol. The van der Waals surface area contributed by atoms with Crippen molar-refractivity contribution in [2.45, 2.75) is 6.04 Å². The Morgan fingerprint density at radius 2 is 2.13 bits per heavy atom. The summed E-state index contributed by atoms with van der Waals surface area (Å²) in [4.78, 5) is 10.6. The van der Waals surface area contributed by atoms with Gasteiger partial charge in [-0.3, -0.25) is 0 Å². The van der Waals surface area contributed by atoms with Crippen molar-refractivity contribution in [1.82, 2.24) is 0 Å². The summed E-state index contributed by atoms with van der Waals surface area (Å²) in [7, 11) is 0. The lowest BCUT2D eigenvalue weighted by molar-refractivity contribution is 0.0688. The quantitative estimate of drug-likeness (QED) is 0.577. The van der Waals surface area contributed by atoms with Crippen LogP contribution in [0.15, 0.2) is 12.1 Å². The number of rotatable bonds is 3. The van der Waals surface area contributed by atoms with Crippen molar-refractivity contribution in [3.8, 4) is 5.75 Å². The summed E-state index contributed by atoms with van der Waals surface area (Å²) in [5.74, 6) is -3.38.